The molecule has 0 saturated heterocycles. The lowest BCUT2D eigenvalue weighted by Crippen LogP contribution is -2.09. The van der Waals surface area contributed by atoms with E-state index in [0.29, 0.717) is 0 Å². The predicted molar refractivity (Wildman–Crippen MR) is 194 cm³/mol. The van der Waals surface area contributed by atoms with Crippen molar-refractivity contribution in [3.8, 4) is 22.3 Å². The molecule has 0 aliphatic heterocycles. The molecule has 0 fully saturated rings. The molecule has 9 rings (SSSR count). The van der Waals surface area contributed by atoms with E-state index in [1.165, 1.54) is 27.3 Å². The minimum absolute atomic E-state index is 0.922. The van der Waals surface area contributed by atoms with Crippen molar-refractivity contribution in [3.63, 3.8) is 0 Å². The minimum atomic E-state index is 0.922. The van der Waals surface area contributed by atoms with E-state index in [0.717, 1.165) is 55.5 Å². The molecule has 1 heterocycles. The molecule has 0 aliphatic rings. The fourth-order valence-electron chi connectivity index (χ4n) is 6.84. The molecule has 0 amide bonds. The van der Waals surface area contributed by atoms with E-state index < -0.39 is 0 Å². The Labute approximate surface area is 267 Å². The van der Waals surface area contributed by atoms with Gasteiger partial charge in [0.1, 0.15) is 11.2 Å². The van der Waals surface area contributed by atoms with Crippen molar-refractivity contribution in [2.75, 3.05) is 4.90 Å². The van der Waals surface area contributed by atoms with E-state index in [2.05, 4.69) is 181 Å². The first-order valence-electron chi connectivity index (χ1n) is 15.7. The van der Waals surface area contributed by atoms with Crippen LogP contribution in [0.3, 0.4) is 0 Å². The Morgan fingerprint density at radius 3 is 1.54 bits per heavy atom. The summed E-state index contributed by atoms with van der Waals surface area (Å²) in [5.41, 5.74) is 9.84. The van der Waals surface area contributed by atoms with Gasteiger partial charge in [-0.25, -0.2) is 0 Å². The summed E-state index contributed by atoms with van der Waals surface area (Å²) in [7, 11) is 0. The third kappa shape index (κ3) is 4.35. The maximum atomic E-state index is 6.63. The van der Waals surface area contributed by atoms with Crippen molar-refractivity contribution >= 4 is 60.5 Å². The van der Waals surface area contributed by atoms with Gasteiger partial charge in [-0.05, 0) is 75.3 Å². The number of hydrogen-bond donors (Lipinski definition) is 0. The van der Waals surface area contributed by atoms with Crippen molar-refractivity contribution in [1.29, 1.82) is 0 Å². The number of anilines is 3. The smallest absolute Gasteiger partial charge is 0.143 e. The molecular weight excluding hydrogens is 558 g/mol. The van der Waals surface area contributed by atoms with E-state index in [4.69, 9.17) is 4.42 Å². The van der Waals surface area contributed by atoms with E-state index in [1.807, 2.05) is 0 Å². The summed E-state index contributed by atoms with van der Waals surface area (Å²) >= 11 is 0. The van der Waals surface area contributed by atoms with Crippen molar-refractivity contribution in [2.45, 2.75) is 0 Å². The summed E-state index contributed by atoms with van der Waals surface area (Å²) < 4.78 is 6.63. The highest BCUT2D eigenvalue weighted by atomic mass is 16.3. The summed E-state index contributed by atoms with van der Waals surface area (Å²) in [5, 5.41) is 7.13. The summed E-state index contributed by atoms with van der Waals surface area (Å²) in [6.07, 6.45) is 0. The van der Waals surface area contributed by atoms with Crippen LogP contribution in [0.1, 0.15) is 0 Å². The number of fused-ring (bicyclic) bond motifs is 6. The van der Waals surface area contributed by atoms with Crippen LogP contribution in [0.4, 0.5) is 17.1 Å². The van der Waals surface area contributed by atoms with Crippen LogP contribution in [0.15, 0.2) is 180 Å². The highest BCUT2D eigenvalue weighted by Gasteiger charge is 2.16. The van der Waals surface area contributed by atoms with Crippen molar-refractivity contribution in [3.05, 3.63) is 176 Å². The van der Waals surface area contributed by atoms with Gasteiger partial charge in [0.2, 0.25) is 0 Å². The molecule has 0 aliphatic carbocycles. The monoisotopic (exact) mass is 587 g/mol. The van der Waals surface area contributed by atoms with Gasteiger partial charge in [0.25, 0.3) is 0 Å². The van der Waals surface area contributed by atoms with Gasteiger partial charge in [0.05, 0.1) is 0 Å². The summed E-state index contributed by atoms with van der Waals surface area (Å²) in [6.45, 7) is 0. The maximum absolute atomic E-state index is 6.63. The molecule has 0 atom stereocenters. The van der Waals surface area contributed by atoms with Crippen LogP contribution in [-0.2, 0) is 0 Å². The number of hydrogen-bond acceptors (Lipinski definition) is 2. The van der Waals surface area contributed by atoms with Gasteiger partial charge in [0.15, 0.2) is 0 Å². The normalized spacial score (nSPS) is 11.5. The quantitative estimate of drug-likeness (QED) is 0.199. The molecule has 46 heavy (non-hydrogen) atoms. The lowest BCUT2D eigenvalue weighted by atomic mass is 9.98. The first-order chi connectivity index (χ1) is 22.8. The lowest BCUT2D eigenvalue weighted by molar-refractivity contribution is 0.674. The van der Waals surface area contributed by atoms with Crippen LogP contribution in [-0.4, -0.2) is 0 Å². The predicted octanol–water partition coefficient (Wildman–Crippen LogP) is 12.7. The average molecular weight is 588 g/mol. The molecule has 0 N–H and O–H groups in total. The van der Waals surface area contributed by atoms with E-state index in [9.17, 15) is 0 Å². The third-order valence-electron chi connectivity index (χ3n) is 9.07. The van der Waals surface area contributed by atoms with E-state index >= 15 is 0 Å². The molecule has 1 aromatic heterocycles. The van der Waals surface area contributed by atoms with Gasteiger partial charge in [-0.15, -0.1) is 0 Å². The minimum Gasteiger partial charge on any atom is -0.455 e. The summed E-state index contributed by atoms with van der Waals surface area (Å²) in [6, 6.07) is 62.6. The second-order valence-electron chi connectivity index (χ2n) is 11.7. The molecule has 0 unspecified atom stereocenters. The summed E-state index contributed by atoms with van der Waals surface area (Å²) in [4.78, 5) is 2.31. The second kappa shape index (κ2) is 10.8. The molecule has 2 nitrogen and oxygen atoms in total. The number of benzene rings is 8. The Kier molecular flexibility index (Phi) is 6.17. The van der Waals surface area contributed by atoms with Crippen LogP contribution >= 0.6 is 0 Å². The molecule has 0 saturated carbocycles. The highest BCUT2D eigenvalue weighted by molar-refractivity contribution is 6.17. The zero-order chi connectivity index (χ0) is 30.5. The number of nitrogens with zero attached hydrogens (tertiary/aromatic N) is 1. The van der Waals surface area contributed by atoms with Crippen LogP contribution in [0.5, 0.6) is 0 Å². The number of furan rings is 1. The SMILES string of the molecule is c1ccc(N(c2ccc(-c3cccc4ccccc34)cc2)c2ccc(-c3cccc4c3oc3c5ccccc5ccc43)cc2)cc1. The fourth-order valence-corrected chi connectivity index (χ4v) is 6.84. The largest absolute Gasteiger partial charge is 0.455 e. The molecular formula is C44H29NO. The average Bonchev–Trinajstić information content (AvgIpc) is 3.52. The summed E-state index contributed by atoms with van der Waals surface area (Å²) in [5.74, 6) is 0. The maximum Gasteiger partial charge on any atom is 0.143 e. The molecule has 0 bridgehead atoms. The molecule has 9 aromatic rings. The molecule has 2 heteroatoms. The molecule has 0 radical (unpaired) electrons. The van der Waals surface area contributed by atoms with Gasteiger partial charge < -0.3 is 9.32 Å². The third-order valence-corrected chi connectivity index (χ3v) is 9.07. The Bertz CT molecular complexity index is 2500. The van der Waals surface area contributed by atoms with Crippen LogP contribution in [0, 0.1) is 0 Å². The molecule has 216 valence electrons. The fraction of sp³-hybridized carbons (Fsp3) is 0. The number of rotatable bonds is 5. The number of para-hydroxylation sites is 2. The zero-order valence-electron chi connectivity index (χ0n) is 25.1. The van der Waals surface area contributed by atoms with Gasteiger partial charge >= 0.3 is 0 Å². The second-order valence-corrected chi connectivity index (χ2v) is 11.7. The Morgan fingerprint density at radius 2 is 0.804 bits per heavy atom. The Morgan fingerprint density at radius 1 is 0.304 bits per heavy atom. The van der Waals surface area contributed by atoms with Crippen LogP contribution in [0.25, 0.3) is 65.7 Å². The van der Waals surface area contributed by atoms with E-state index in [1.54, 1.807) is 0 Å². The van der Waals surface area contributed by atoms with Crippen molar-refractivity contribution in [1.82, 2.24) is 0 Å². The van der Waals surface area contributed by atoms with E-state index in [-0.39, 0.29) is 0 Å². The van der Waals surface area contributed by atoms with Gasteiger partial charge in [-0.3, -0.25) is 0 Å². The Hall–Kier alpha value is -6.12. The first-order valence-corrected chi connectivity index (χ1v) is 15.7. The highest BCUT2D eigenvalue weighted by Crippen LogP contribution is 2.41. The van der Waals surface area contributed by atoms with Gasteiger partial charge in [0, 0.05) is 38.8 Å². The zero-order valence-corrected chi connectivity index (χ0v) is 25.1. The van der Waals surface area contributed by atoms with Crippen LogP contribution < -0.4 is 4.90 Å². The van der Waals surface area contributed by atoms with Gasteiger partial charge in [-0.1, -0.05) is 133 Å². The van der Waals surface area contributed by atoms with Crippen molar-refractivity contribution < 1.29 is 4.42 Å². The van der Waals surface area contributed by atoms with Gasteiger partial charge in [-0.2, -0.15) is 0 Å². The van der Waals surface area contributed by atoms with Crippen LogP contribution in [0.2, 0.25) is 0 Å². The molecule has 8 aromatic carbocycles. The Balaban J connectivity index is 1.12. The molecule has 0 spiro atoms. The van der Waals surface area contributed by atoms with Crippen molar-refractivity contribution in [2.24, 2.45) is 0 Å². The standard InChI is InChI=1S/C44H29NO/c1-2-13-34(14-3-1)45(35-25-20-32(21-26-35)38-17-8-12-30-10-4-6-15-37(30)38)36-27-22-33(23-28-36)40-18-9-19-41-42-29-24-31-11-5-7-16-39(31)44(42)46-43(40)41/h1-29H. The topological polar surface area (TPSA) is 16.4 Å². The first kappa shape index (κ1) is 26.3. The lowest BCUT2D eigenvalue weighted by Gasteiger charge is -2.26.